The minimum Gasteiger partial charge on any atom is -0.497 e. The average Bonchev–Trinajstić information content (AvgIpc) is 3.23. The van der Waals surface area contributed by atoms with Crippen molar-refractivity contribution in [1.29, 1.82) is 0 Å². The summed E-state index contributed by atoms with van der Waals surface area (Å²) in [5.41, 5.74) is 4.54. The van der Waals surface area contributed by atoms with Crippen LogP contribution in [0.25, 0.3) is 0 Å². The molecule has 1 saturated heterocycles. The number of nitrogens with zero attached hydrogens (tertiary/aromatic N) is 2. The van der Waals surface area contributed by atoms with Crippen molar-refractivity contribution in [2.45, 2.75) is 19.8 Å². The molecule has 6 nitrogen and oxygen atoms in total. The van der Waals surface area contributed by atoms with Gasteiger partial charge in [0.25, 0.3) is 5.91 Å². The van der Waals surface area contributed by atoms with Gasteiger partial charge in [-0.15, -0.1) is 0 Å². The number of benzene rings is 2. The molecule has 0 aromatic heterocycles. The van der Waals surface area contributed by atoms with Crippen molar-refractivity contribution in [3.63, 3.8) is 0 Å². The van der Waals surface area contributed by atoms with E-state index in [1.165, 1.54) is 12.3 Å². The van der Waals surface area contributed by atoms with Gasteiger partial charge in [0.05, 0.1) is 19.0 Å². The van der Waals surface area contributed by atoms with Crippen LogP contribution in [0.2, 0.25) is 0 Å². The Balaban J connectivity index is 1.53. The molecule has 0 bridgehead atoms. The zero-order valence-corrected chi connectivity index (χ0v) is 16.1. The highest BCUT2D eigenvalue weighted by atomic mass is 19.1. The number of aryl methyl sites for hydroxylation is 1. The minimum absolute atomic E-state index is 0.176. The molecule has 2 aromatic carbocycles. The molecule has 0 aliphatic carbocycles. The van der Waals surface area contributed by atoms with Gasteiger partial charge in [0.15, 0.2) is 6.61 Å². The second-order valence-corrected chi connectivity index (χ2v) is 6.61. The standard InChI is InChI=1S/C21H24FN3O3/c1-15-11-20(25-9-3-4-10-25)19(22)12-16(15)13-23-24-21(26)14-28-18-7-5-17(27-2)6-8-18/h5-8,11-13H,3-4,9-10,14H2,1-2H3,(H,24,26)/b23-13+. The molecule has 0 atom stereocenters. The van der Waals surface area contributed by atoms with Crippen molar-refractivity contribution < 1.29 is 18.7 Å². The van der Waals surface area contributed by atoms with Crippen molar-refractivity contribution >= 4 is 17.8 Å². The number of amides is 1. The molecule has 148 valence electrons. The molecule has 1 N–H and O–H groups in total. The Morgan fingerprint density at radius 2 is 1.89 bits per heavy atom. The third-order valence-electron chi connectivity index (χ3n) is 4.60. The first-order valence-electron chi connectivity index (χ1n) is 9.20. The van der Waals surface area contributed by atoms with Gasteiger partial charge >= 0.3 is 0 Å². The van der Waals surface area contributed by atoms with Gasteiger partial charge in [-0.2, -0.15) is 5.10 Å². The highest BCUT2D eigenvalue weighted by Gasteiger charge is 2.17. The molecule has 1 heterocycles. The Hall–Kier alpha value is -3.09. The fourth-order valence-corrected chi connectivity index (χ4v) is 3.05. The molecular weight excluding hydrogens is 361 g/mol. The van der Waals surface area contributed by atoms with E-state index in [-0.39, 0.29) is 12.4 Å². The third-order valence-corrected chi connectivity index (χ3v) is 4.60. The Morgan fingerprint density at radius 1 is 1.21 bits per heavy atom. The first kappa shape index (κ1) is 19.7. The van der Waals surface area contributed by atoms with E-state index in [9.17, 15) is 9.18 Å². The molecule has 1 amide bonds. The summed E-state index contributed by atoms with van der Waals surface area (Å²) in [6, 6.07) is 10.2. The van der Waals surface area contributed by atoms with Gasteiger partial charge < -0.3 is 14.4 Å². The number of methoxy groups -OCH3 is 1. The molecule has 3 rings (SSSR count). The largest absolute Gasteiger partial charge is 0.497 e. The summed E-state index contributed by atoms with van der Waals surface area (Å²) in [6.07, 6.45) is 3.62. The van der Waals surface area contributed by atoms with E-state index in [0.29, 0.717) is 22.7 Å². The number of halogens is 1. The summed E-state index contributed by atoms with van der Waals surface area (Å²) >= 11 is 0. The molecule has 2 aromatic rings. The van der Waals surface area contributed by atoms with Crippen LogP contribution in [-0.2, 0) is 4.79 Å². The molecule has 28 heavy (non-hydrogen) atoms. The maximum Gasteiger partial charge on any atom is 0.277 e. The van der Waals surface area contributed by atoms with Crippen LogP contribution in [0, 0.1) is 12.7 Å². The Labute approximate surface area is 163 Å². The summed E-state index contributed by atoms with van der Waals surface area (Å²) in [7, 11) is 1.58. The lowest BCUT2D eigenvalue weighted by Crippen LogP contribution is -2.24. The molecule has 0 saturated carbocycles. The van der Waals surface area contributed by atoms with Gasteiger partial charge in [0, 0.05) is 18.7 Å². The number of hydrazone groups is 1. The van der Waals surface area contributed by atoms with Crippen molar-refractivity contribution in [2.75, 3.05) is 31.7 Å². The van der Waals surface area contributed by atoms with E-state index in [1.807, 2.05) is 13.0 Å². The lowest BCUT2D eigenvalue weighted by Gasteiger charge is -2.19. The summed E-state index contributed by atoms with van der Waals surface area (Å²) < 4.78 is 24.9. The SMILES string of the molecule is COc1ccc(OCC(=O)N/N=C/c2cc(F)c(N3CCCC3)cc2C)cc1. The highest BCUT2D eigenvalue weighted by Crippen LogP contribution is 2.26. The van der Waals surface area contributed by atoms with Gasteiger partial charge in [-0.25, -0.2) is 9.82 Å². The van der Waals surface area contributed by atoms with E-state index >= 15 is 0 Å². The van der Waals surface area contributed by atoms with Gasteiger partial charge in [-0.1, -0.05) is 0 Å². The first-order chi connectivity index (χ1) is 13.6. The van der Waals surface area contributed by atoms with Crippen LogP contribution < -0.4 is 19.8 Å². The lowest BCUT2D eigenvalue weighted by atomic mass is 10.1. The molecule has 1 aliphatic heterocycles. The van der Waals surface area contributed by atoms with Crippen molar-refractivity contribution in [2.24, 2.45) is 5.10 Å². The fourth-order valence-electron chi connectivity index (χ4n) is 3.05. The number of anilines is 1. The van der Waals surface area contributed by atoms with Gasteiger partial charge in [0.1, 0.15) is 17.3 Å². The quantitative estimate of drug-likeness (QED) is 0.587. The molecular formula is C21H24FN3O3. The van der Waals surface area contributed by atoms with Crippen LogP contribution >= 0.6 is 0 Å². The fraction of sp³-hybridized carbons (Fsp3) is 0.333. The summed E-state index contributed by atoms with van der Waals surface area (Å²) in [5, 5.41) is 3.91. The summed E-state index contributed by atoms with van der Waals surface area (Å²) in [4.78, 5) is 13.9. The Bertz CT molecular complexity index is 847. The number of nitrogens with one attached hydrogen (secondary N) is 1. The number of carbonyl (C=O) groups excluding carboxylic acids is 1. The van der Waals surface area contributed by atoms with E-state index < -0.39 is 5.91 Å². The normalized spacial score (nSPS) is 13.8. The number of hydrogen-bond acceptors (Lipinski definition) is 5. The van der Waals surface area contributed by atoms with Crippen molar-refractivity contribution in [3.8, 4) is 11.5 Å². The zero-order chi connectivity index (χ0) is 19.9. The topological polar surface area (TPSA) is 63.2 Å². The van der Waals surface area contributed by atoms with E-state index in [2.05, 4.69) is 15.4 Å². The minimum atomic E-state index is -0.404. The van der Waals surface area contributed by atoms with Crippen LogP contribution in [-0.4, -0.2) is 38.9 Å². The van der Waals surface area contributed by atoms with Crippen LogP contribution in [0.4, 0.5) is 10.1 Å². The smallest absolute Gasteiger partial charge is 0.277 e. The summed E-state index contributed by atoms with van der Waals surface area (Å²) in [5.74, 6) is 0.581. The van der Waals surface area contributed by atoms with E-state index in [0.717, 1.165) is 31.5 Å². The maximum absolute atomic E-state index is 14.4. The lowest BCUT2D eigenvalue weighted by molar-refractivity contribution is -0.123. The van der Waals surface area contributed by atoms with Gasteiger partial charge in [0.2, 0.25) is 0 Å². The van der Waals surface area contributed by atoms with E-state index in [4.69, 9.17) is 9.47 Å². The van der Waals surface area contributed by atoms with E-state index in [1.54, 1.807) is 31.4 Å². The first-order valence-corrected chi connectivity index (χ1v) is 9.20. The third kappa shape index (κ3) is 5.00. The predicted molar refractivity (Wildman–Crippen MR) is 107 cm³/mol. The summed E-state index contributed by atoms with van der Waals surface area (Å²) in [6.45, 7) is 3.49. The average molecular weight is 385 g/mol. The molecule has 0 spiro atoms. The van der Waals surface area contributed by atoms with Crippen LogP contribution in [0.1, 0.15) is 24.0 Å². The molecule has 0 unspecified atom stereocenters. The van der Waals surface area contributed by atoms with Crippen LogP contribution in [0.5, 0.6) is 11.5 Å². The molecule has 7 heteroatoms. The number of carbonyl (C=O) groups is 1. The predicted octanol–water partition coefficient (Wildman–Crippen LogP) is 3.27. The van der Waals surface area contributed by atoms with Crippen molar-refractivity contribution in [3.05, 3.63) is 53.3 Å². The zero-order valence-electron chi connectivity index (χ0n) is 16.1. The molecule has 1 aliphatic rings. The number of ether oxygens (including phenoxy) is 2. The maximum atomic E-state index is 14.4. The number of hydrogen-bond donors (Lipinski definition) is 1. The Kier molecular flexibility index (Phi) is 6.47. The molecule has 0 radical (unpaired) electrons. The van der Waals surface area contributed by atoms with Gasteiger partial charge in [-0.3, -0.25) is 4.79 Å². The van der Waals surface area contributed by atoms with Crippen molar-refractivity contribution in [1.82, 2.24) is 5.43 Å². The van der Waals surface area contributed by atoms with Gasteiger partial charge in [-0.05, 0) is 61.7 Å². The second-order valence-electron chi connectivity index (χ2n) is 6.61. The Morgan fingerprint density at radius 3 is 2.57 bits per heavy atom. The van der Waals surface area contributed by atoms with Crippen LogP contribution in [0.3, 0.4) is 0 Å². The molecule has 1 fully saturated rings. The second kappa shape index (κ2) is 9.21. The monoisotopic (exact) mass is 385 g/mol. The van der Waals surface area contributed by atoms with Crippen LogP contribution in [0.15, 0.2) is 41.5 Å². The highest BCUT2D eigenvalue weighted by molar-refractivity contribution is 5.85. The number of rotatable bonds is 7.